The third-order valence-corrected chi connectivity index (χ3v) is 5.16. The number of benzene rings is 1. The van der Waals surface area contributed by atoms with Crippen LogP contribution >= 0.6 is 0 Å². The molecule has 1 saturated heterocycles. The van der Waals surface area contributed by atoms with E-state index in [0.29, 0.717) is 12.5 Å². The van der Waals surface area contributed by atoms with Crippen LogP contribution in [0, 0.1) is 0 Å². The number of piperidine rings is 1. The number of nitrogens with one attached hydrogen (secondary N) is 2. The number of rotatable bonds is 6. The molecule has 3 aromatic rings. The summed E-state index contributed by atoms with van der Waals surface area (Å²) < 4.78 is 1.99. The van der Waals surface area contributed by atoms with E-state index in [-0.39, 0.29) is 5.91 Å². The van der Waals surface area contributed by atoms with Crippen molar-refractivity contribution in [2.75, 3.05) is 19.6 Å². The Morgan fingerprint density at radius 2 is 2.19 bits per heavy atom. The zero-order valence-electron chi connectivity index (χ0n) is 15.4. The number of pyridine rings is 1. The smallest absolute Gasteiger partial charge is 0.251 e. The van der Waals surface area contributed by atoms with Gasteiger partial charge in [-0.3, -0.25) is 9.20 Å². The molecule has 1 aliphatic rings. The van der Waals surface area contributed by atoms with Gasteiger partial charge in [-0.05, 0) is 61.6 Å². The molecule has 1 amide bonds. The summed E-state index contributed by atoms with van der Waals surface area (Å²) >= 11 is 0. The summed E-state index contributed by atoms with van der Waals surface area (Å²) in [5.74, 6) is 1.42. The quantitative estimate of drug-likeness (QED) is 0.660. The zero-order valence-corrected chi connectivity index (χ0v) is 15.4. The van der Waals surface area contributed by atoms with Crippen molar-refractivity contribution in [2.45, 2.75) is 31.6 Å². The predicted molar refractivity (Wildman–Crippen MR) is 105 cm³/mol. The summed E-state index contributed by atoms with van der Waals surface area (Å²) in [6, 6.07) is 13.9. The fourth-order valence-electron chi connectivity index (χ4n) is 3.68. The van der Waals surface area contributed by atoms with Crippen molar-refractivity contribution >= 4 is 11.6 Å². The van der Waals surface area contributed by atoms with Crippen molar-refractivity contribution in [1.82, 2.24) is 25.2 Å². The van der Waals surface area contributed by atoms with E-state index < -0.39 is 0 Å². The number of amides is 1. The second-order valence-electron chi connectivity index (χ2n) is 7.07. The van der Waals surface area contributed by atoms with Crippen molar-refractivity contribution in [3.8, 4) is 0 Å². The molecule has 2 aromatic heterocycles. The summed E-state index contributed by atoms with van der Waals surface area (Å²) in [6.45, 7) is 2.71. The fourth-order valence-corrected chi connectivity index (χ4v) is 3.68. The number of carbonyl (C=O) groups excluding carboxylic acids is 1. The molecule has 140 valence electrons. The largest absolute Gasteiger partial charge is 0.352 e. The van der Waals surface area contributed by atoms with Gasteiger partial charge in [-0.25, -0.2) is 0 Å². The van der Waals surface area contributed by atoms with Crippen molar-refractivity contribution in [3.63, 3.8) is 0 Å². The van der Waals surface area contributed by atoms with Gasteiger partial charge in [-0.1, -0.05) is 18.2 Å². The molecule has 6 heteroatoms. The molecule has 4 rings (SSSR count). The first kappa shape index (κ1) is 17.7. The highest BCUT2D eigenvalue weighted by Crippen LogP contribution is 2.23. The highest BCUT2D eigenvalue weighted by molar-refractivity contribution is 5.94. The van der Waals surface area contributed by atoms with Crippen LogP contribution in [0.15, 0.2) is 48.7 Å². The summed E-state index contributed by atoms with van der Waals surface area (Å²) in [7, 11) is 0. The van der Waals surface area contributed by atoms with Crippen LogP contribution < -0.4 is 10.6 Å². The normalized spacial score (nSPS) is 17.1. The van der Waals surface area contributed by atoms with Crippen LogP contribution in [0.3, 0.4) is 0 Å². The van der Waals surface area contributed by atoms with Gasteiger partial charge in [-0.2, -0.15) is 0 Å². The van der Waals surface area contributed by atoms with Crippen LogP contribution in [-0.4, -0.2) is 40.1 Å². The maximum absolute atomic E-state index is 12.5. The molecular formula is C21H25N5O. The monoisotopic (exact) mass is 363 g/mol. The van der Waals surface area contributed by atoms with Crippen molar-refractivity contribution in [2.24, 2.45) is 0 Å². The Labute approximate surface area is 159 Å². The Hall–Kier alpha value is -2.73. The van der Waals surface area contributed by atoms with Gasteiger partial charge in [0.25, 0.3) is 5.91 Å². The van der Waals surface area contributed by atoms with Gasteiger partial charge in [0.15, 0.2) is 5.65 Å². The van der Waals surface area contributed by atoms with Gasteiger partial charge in [0.2, 0.25) is 0 Å². The van der Waals surface area contributed by atoms with E-state index in [2.05, 4.69) is 26.9 Å². The SMILES string of the molecule is O=C(NCCCc1nnc2ccccn12)c1cccc([C@H]2CCCNC2)c1. The lowest BCUT2D eigenvalue weighted by Gasteiger charge is -2.23. The van der Waals surface area contributed by atoms with E-state index in [9.17, 15) is 4.79 Å². The van der Waals surface area contributed by atoms with Crippen molar-refractivity contribution in [3.05, 3.63) is 65.6 Å². The minimum atomic E-state index is -0.00767. The Balaban J connectivity index is 1.30. The topological polar surface area (TPSA) is 71.3 Å². The molecule has 3 heterocycles. The second kappa shape index (κ2) is 8.31. The van der Waals surface area contributed by atoms with Crippen LogP contribution in [0.25, 0.3) is 5.65 Å². The number of fused-ring (bicyclic) bond motifs is 1. The molecule has 0 radical (unpaired) electrons. The first-order valence-electron chi connectivity index (χ1n) is 9.69. The van der Waals surface area contributed by atoms with Gasteiger partial charge >= 0.3 is 0 Å². The Morgan fingerprint density at radius 1 is 1.22 bits per heavy atom. The molecule has 2 N–H and O–H groups in total. The standard InChI is InChI=1S/C21H25N5O/c27-21(17-7-3-6-16(14-17)18-8-4-11-22-15-18)23-12-5-10-20-25-24-19-9-1-2-13-26(19)20/h1-3,6-7,9,13-14,18,22H,4-5,8,10-12,15H2,(H,23,27)/t18-/m0/s1. The zero-order chi connectivity index (χ0) is 18.5. The van der Waals surface area contributed by atoms with Crippen LogP contribution in [0.2, 0.25) is 0 Å². The van der Waals surface area contributed by atoms with E-state index in [0.717, 1.165) is 43.0 Å². The van der Waals surface area contributed by atoms with Crippen LogP contribution in [-0.2, 0) is 6.42 Å². The number of aryl methyl sites for hydroxylation is 1. The third kappa shape index (κ3) is 4.17. The molecule has 27 heavy (non-hydrogen) atoms. The van der Waals surface area contributed by atoms with E-state index in [1.165, 1.54) is 18.4 Å². The minimum absolute atomic E-state index is 0.00767. The first-order valence-corrected chi connectivity index (χ1v) is 9.69. The number of hydrogen-bond acceptors (Lipinski definition) is 4. The summed E-state index contributed by atoms with van der Waals surface area (Å²) in [4.78, 5) is 12.5. The van der Waals surface area contributed by atoms with Gasteiger partial charge < -0.3 is 10.6 Å². The van der Waals surface area contributed by atoms with Crippen molar-refractivity contribution in [1.29, 1.82) is 0 Å². The lowest BCUT2D eigenvalue weighted by atomic mass is 9.90. The molecule has 1 atom stereocenters. The van der Waals surface area contributed by atoms with Crippen LogP contribution in [0.4, 0.5) is 0 Å². The molecular weight excluding hydrogens is 338 g/mol. The van der Waals surface area contributed by atoms with Gasteiger partial charge in [0, 0.05) is 31.3 Å². The highest BCUT2D eigenvalue weighted by atomic mass is 16.1. The van der Waals surface area contributed by atoms with Crippen molar-refractivity contribution < 1.29 is 4.79 Å². The number of carbonyl (C=O) groups is 1. The first-order chi connectivity index (χ1) is 13.3. The Kier molecular flexibility index (Phi) is 5.44. The van der Waals surface area contributed by atoms with E-state index in [1.807, 2.05) is 47.0 Å². The third-order valence-electron chi connectivity index (χ3n) is 5.16. The molecule has 0 unspecified atom stereocenters. The second-order valence-corrected chi connectivity index (χ2v) is 7.07. The van der Waals surface area contributed by atoms with Crippen LogP contribution in [0.1, 0.15) is 46.9 Å². The maximum atomic E-state index is 12.5. The number of hydrogen-bond donors (Lipinski definition) is 2. The molecule has 0 bridgehead atoms. The Bertz CT molecular complexity index is 914. The average molecular weight is 363 g/mol. The number of aromatic nitrogens is 3. The molecule has 1 fully saturated rings. The number of nitrogens with zero attached hydrogens (tertiary/aromatic N) is 3. The lowest BCUT2D eigenvalue weighted by molar-refractivity contribution is 0.0953. The van der Waals surface area contributed by atoms with Gasteiger partial charge in [-0.15, -0.1) is 10.2 Å². The summed E-state index contributed by atoms with van der Waals surface area (Å²) in [6.07, 6.45) is 5.95. The van der Waals surface area contributed by atoms with E-state index >= 15 is 0 Å². The summed E-state index contributed by atoms with van der Waals surface area (Å²) in [5.41, 5.74) is 2.85. The summed E-state index contributed by atoms with van der Waals surface area (Å²) in [5, 5.41) is 14.8. The maximum Gasteiger partial charge on any atom is 0.251 e. The van der Waals surface area contributed by atoms with Gasteiger partial charge in [0.05, 0.1) is 0 Å². The molecule has 1 aliphatic heterocycles. The van der Waals surface area contributed by atoms with Gasteiger partial charge in [0.1, 0.15) is 5.82 Å². The molecule has 6 nitrogen and oxygen atoms in total. The molecule has 0 saturated carbocycles. The highest BCUT2D eigenvalue weighted by Gasteiger charge is 2.16. The van der Waals surface area contributed by atoms with E-state index in [4.69, 9.17) is 0 Å². The van der Waals surface area contributed by atoms with E-state index in [1.54, 1.807) is 0 Å². The minimum Gasteiger partial charge on any atom is -0.352 e. The molecule has 0 spiro atoms. The average Bonchev–Trinajstić information content (AvgIpc) is 3.15. The fraction of sp³-hybridized carbons (Fsp3) is 0.381. The Morgan fingerprint density at radius 3 is 3.07 bits per heavy atom. The lowest BCUT2D eigenvalue weighted by Crippen LogP contribution is -2.29. The van der Waals surface area contributed by atoms with Crippen LogP contribution in [0.5, 0.6) is 0 Å². The molecule has 1 aromatic carbocycles. The predicted octanol–water partition coefficient (Wildman–Crippen LogP) is 2.56. The molecule has 0 aliphatic carbocycles.